The zero-order valence-electron chi connectivity index (χ0n) is 11.5. The van der Waals surface area contributed by atoms with Gasteiger partial charge in [-0.3, -0.25) is 9.59 Å². The van der Waals surface area contributed by atoms with Crippen LogP contribution in [0, 0.1) is 0 Å². The Labute approximate surface area is 123 Å². The molecular weight excluding hydrogens is 282 g/mol. The summed E-state index contributed by atoms with van der Waals surface area (Å²) in [5, 5.41) is 9.47. The number of carbonyl (C=O) groups excluding carboxylic acids is 1. The predicted octanol–water partition coefficient (Wildman–Crippen LogP) is 2.18. The lowest BCUT2D eigenvalue weighted by Gasteiger charge is -2.21. The van der Waals surface area contributed by atoms with Crippen LogP contribution in [0.15, 0.2) is 24.3 Å². The summed E-state index contributed by atoms with van der Waals surface area (Å²) < 4.78 is 5.22. The monoisotopic (exact) mass is 299 g/mol. The van der Waals surface area contributed by atoms with Gasteiger partial charge in [0.1, 0.15) is 13.2 Å². The minimum absolute atomic E-state index is 0.0823. The molecule has 0 aliphatic rings. The number of carboxylic acids is 1. The second kappa shape index (κ2) is 7.87. The molecule has 1 rings (SSSR count). The number of halogens is 1. The van der Waals surface area contributed by atoms with E-state index < -0.39 is 5.97 Å². The maximum Gasteiger partial charge on any atom is 0.323 e. The van der Waals surface area contributed by atoms with E-state index in [2.05, 4.69) is 0 Å². The van der Waals surface area contributed by atoms with Crippen LogP contribution in [0.4, 0.5) is 0 Å². The molecule has 110 valence electrons. The molecule has 0 heterocycles. The van der Waals surface area contributed by atoms with Gasteiger partial charge in [-0.15, -0.1) is 0 Å². The number of carboxylic acid groups (broad SMARTS) is 1. The molecule has 0 unspecified atom stereocenters. The lowest BCUT2D eigenvalue weighted by molar-refractivity contribution is -0.147. The minimum Gasteiger partial charge on any atom is -0.480 e. The van der Waals surface area contributed by atoms with Crippen molar-refractivity contribution in [2.75, 3.05) is 13.2 Å². The van der Waals surface area contributed by atoms with E-state index in [4.69, 9.17) is 21.4 Å². The first kappa shape index (κ1) is 16.5. The Kier molecular flexibility index (Phi) is 6.48. The van der Waals surface area contributed by atoms with Crippen molar-refractivity contribution in [1.29, 1.82) is 0 Å². The average Bonchev–Trinajstić information content (AvgIpc) is 2.37. The number of amides is 1. The Bertz CT molecular complexity index is 459. The minimum atomic E-state index is -1.06. The van der Waals surface area contributed by atoms with Gasteiger partial charge in [-0.05, 0) is 31.5 Å². The number of ether oxygens (including phenoxy) is 1. The van der Waals surface area contributed by atoms with Crippen LogP contribution in [0.1, 0.15) is 19.4 Å². The summed E-state index contributed by atoms with van der Waals surface area (Å²) in [6.07, 6.45) is -0.0823. The van der Waals surface area contributed by atoms with Crippen LogP contribution in [0.2, 0.25) is 5.02 Å². The van der Waals surface area contributed by atoms with Gasteiger partial charge >= 0.3 is 5.97 Å². The molecule has 0 bridgehead atoms. The van der Waals surface area contributed by atoms with Crippen molar-refractivity contribution < 1.29 is 19.4 Å². The summed E-state index contributed by atoms with van der Waals surface area (Å²) in [6, 6.07) is 6.91. The van der Waals surface area contributed by atoms with E-state index in [1.165, 1.54) is 4.90 Å². The molecular formula is C14H18ClNO4. The molecule has 0 aliphatic carbocycles. The molecule has 0 radical (unpaired) electrons. The zero-order chi connectivity index (χ0) is 15.1. The van der Waals surface area contributed by atoms with Crippen molar-refractivity contribution in [3.05, 3.63) is 34.9 Å². The van der Waals surface area contributed by atoms with Gasteiger partial charge in [-0.2, -0.15) is 0 Å². The highest BCUT2D eigenvalue weighted by Gasteiger charge is 2.17. The fourth-order valence-electron chi connectivity index (χ4n) is 1.53. The van der Waals surface area contributed by atoms with Crippen LogP contribution < -0.4 is 0 Å². The number of hydrogen-bond acceptors (Lipinski definition) is 3. The van der Waals surface area contributed by atoms with E-state index >= 15 is 0 Å². The molecule has 1 amide bonds. The highest BCUT2D eigenvalue weighted by Crippen LogP contribution is 2.11. The van der Waals surface area contributed by atoms with Gasteiger partial charge in [0.05, 0.1) is 6.10 Å². The topological polar surface area (TPSA) is 66.8 Å². The largest absolute Gasteiger partial charge is 0.480 e. The van der Waals surface area contributed by atoms with Crippen LogP contribution in [0.3, 0.4) is 0 Å². The molecule has 0 atom stereocenters. The first-order chi connectivity index (χ1) is 9.38. The number of nitrogens with zero attached hydrogens (tertiary/aromatic N) is 1. The van der Waals surface area contributed by atoms with Crippen LogP contribution in [-0.2, 0) is 20.9 Å². The normalized spacial score (nSPS) is 10.6. The maximum absolute atomic E-state index is 12.0. The fourth-order valence-corrected chi connectivity index (χ4v) is 1.66. The number of carbonyl (C=O) groups is 2. The summed E-state index contributed by atoms with van der Waals surface area (Å²) in [7, 11) is 0. The quantitative estimate of drug-likeness (QED) is 0.838. The molecule has 0 aromatic heterocycles. The molecule has 0 aliphatic heterocycles. The summed E-state index contributed by atoms with van der Waals surface area (Å²) in [4.78, 5) is 24.1. The van der Waals surface area contributed by atoms with Gasteiger partial charge in [-0.1, -0.05) is 23.7 Å². The molecule has 0 saturated carbocycles. The van der Waals surface area contributed by atoms with Crippen molar-refractivity contribution in [2.24, 2.45) is 0 Å². The molecule has 1 aromatic carbocycles. The highest BCUT2D eigenvalue weighted by atomic mass is 35.5. The number of hydrogen-bond donors (Lipinski definition) is 1. The lowest BCUT2D eigenvalue weighted by Crippen LogP contribution is -2.38. The predicted molar refractivity (Wildman–Crippen MR) is 75.6 cm³/mol. The van der Waals surface area contributed by atoms with Gasteiger partial charge < -0.3 is 14.7 Å². The lowest BCUT2D eigenvalue weighted by atomic mass is 10.2. The van der Waals surface area contributed by atoms with Crippen LogP contribution in [-0.4, -0.2) is 41.1 Å². The molecule has 1 aromatic rings. The number of rotatable bonds is 7. The van der Waals surface area contributed by atoms with Crippen molar-refractivity contribution >= 4 is 23.5 Å². The first-order valence-corrected chi connectivity index (χ1v) is 6.62. The Balaban J connectivity index is 2.70. The SMILES string of the molecule is CC(C)OCC(=O)N(CC(=O)O)Cc1ccc(Cl)cc1. The van der Waals surface area contributed by atoms with Crippen molar-refractivity contribution in [3.8, 4) is 0 Å². The van der Waals surface area contributed by atoms with Gasteiger partial charge in [0.25, 0.3) is 0 Å². The third kappa shape index (κ3) is 6.04. The second-order valence-corrected chi connectivity index (χ2v) is 5.07. The molecule has 5 nitrogen and oxygen atoms in total. The summed E-state index contributed by atoms with van der Waals surface area (Å²) in [5.74, 6) is -1.41. The van der Waals surface area contributed by atoms with Crippen LogP contribution in [0.25, 0.3) is 0 Å². The Morgan fingerprint density at radius 1 is 1.30 bits per heavy atom. The van der Waals surface area contributed by atoms with E-state index in [1.54, 1.807) is 24.3 Å². The standard InChI is InChI=1S/C14H18ClNO4/c1-10(2)20-9-13(17)16(8-14(18)19)7-11-3-5-12(15)6-4-11/h3-6,10H,7-9H2,1-2H3,(H,18,19). The summed E-state index contributed by atoms with van der Waals surface area (Å²) in [5.41, 5.74) is 0.813. The molecule has 0 saturated heterocycles. The van der Waals surface area contributed by atoms with Gasteiger partial charge in [-0.25, -0.2) is 0 Å². The van der Waals surface area contributed by atoms with E-state index in [9.17, 15) is 9.59 Å². The summed E-state index contributed by atoms with van der Waals surface area (Å²) >= 11 is 5.78. The van der Waals surface area contributed by atoms with Crippen molar-refractivity contribution in [2.45, 2.75) is 26.5 Å². The van der Waals surface area contributed by atoms with Crippen LogP contribution >= 0.6 is 11.6 Å². The molecule has 6 heteroatoms. The fraction of sp³-hybridized carbons (Fsp3) is 0.429. The zero-order valence-corrected chi connectivity index (χ0v) is 12.3. The smallest absolute Gasteiger partial charge is 0.323 e. The van der Waals surface area contributed by atoms with Crippen molar-refractivity contribution in [3.63, 3.8) is 0 Å². The van der Waals surface area contributed by atoms with Gasteiger partial charge in [0, 0.05) is 11.6 Å². The Hall–Kier alpha value is -1.59. The first-order valence-electron chi connectivity index (χ1n) is 6.24. The molecule has 0 spiro atoms. The van der Waals surface area contributed by atoms with E-state index in [1.807, 2.05) is 13.8 Å². The Morgan fingerprint density at radius 3 is 2.40 bits per heavy atom. The number of benzene rings is 1. The van der Waals surface area contributed by atoms with Crippen LogP contribution in [0.5, 0.6) is 0 Å². The molecule has 1 N–H and O–H groups in total. The summed E-state index contributed by atoms with van der Waals surface area (Å²) in [6.45, 7) is 3.35. The Morgan fingerprint density at radius 2 is 1.90 bits per heavy atom. The van der Waals surface area contributed by atoms with Gasteiger partial charge in [0.2, 0.25) is 5.91 Å². The third-order valence-electron chi connectivity index (χ3n) is 2.51. The van der Waals surface area contributed by atoms with Gasteiger partial charge in [0.15, 0.2) is 0 Å². The molecule has 20 heavy (non-hydrogen) atoms. The second-order valence-electron chi connectivity index (χ2n) is 4.63. The average molecular weight is 300 g/mol. The number of aliphatic carboxylic acids is 1. The van der Waals surface area contributed by atoms with E-state index in [-0.39, 0.29) is 31.7 Å². The van der Waals surface area contributed by atoms with E-state index in [0.29, 0.717) is 5.02 Å². The third-order valence-corrected chi connectivity index (χ3v) is 2.76. The highest BCUT2D eigenvalue weighted by molar-refractivity contribution is 6.30. The maximum atomic E-state index is 12.0. The molecule has 0 fully saturated rings. The van der Waals surface area contributed by atoms with E-state index in [0.717, 1.165) is 5.56 Å². The van der Waals surface area contributed by atoms with Crippen molar-refractivity contribution in [1.82, 2.24) is 4.90 Å².